The van der Waals surface area contributed by atoms with Crippen LogP contribution in [0.25, 0.3) is 0 Å². The smallest absolute Gasteiger partial charge is 0.227 e. The third-order valence-electron chi connectivity index (χ3n) is 8.23. The number of rotatable bonds is 8. The molecule has 0 aliphatic carbocycles. The molecule has 208 valence electrons. The second kappa shape index (κ2) is 11.0. The third kappa shape index (κ3) is 5.91. The van der Waals surface area contributed by atoms with E-state index in [0.29, 0.717) is 43.0 Å². The average Bonchev–Trinajstić information content (AvgIpc) is 2.86. The highest BCUT2D eigenvalue weighted by Gasteiger charge is 2.47. The Morgan fingerprint density at radius 2 is 1.87 bits per heavy atom. The van der Waals surface area contributed by atoms with Gasteiger partial charge in [0.05, 0.1) is 25.4 Å². The number of methoxy groups -OCH3 is 1. The van der Waals surface area contributed by atoms with E-state index in [4.69, 9.17) is 13.9 Å². The maximum atomic E-state index is 15.2. The van der Waals surface area contributed by atoms with Crippen LogP contribution in [0.2, 0.25) is 18.1 Å². The molecular formula is C29H41FN2O5Si. The molecule has 1 amide bonds. The van der Waals surface area contributed by atoms with Crippen molar-refractivity contribution in [3.05, 3.63) is 53.3 Å². The van der Waals surface area contributed by atoms with Crippen LogP contribution in [0, 0.1) is 5.82 Å². The first-order chi connectivity index (χ1) is 17.8. The Morgan fingerprint density at radius 3 is 2.53 bits per heavy atom. The molecule has 0 aromatic heterocycles. The Kier molecular flexibility index (Phi) is 8.23. The van der Waals surface area contributed by atoms with Crippen molar-refractivity contribution in [3.8, 4) is 11.5 Å². The van der Waals surface area contributed by atoms with Crippen LogP contribution >= 0.6 is 0 Å². The van der Waals surface area contributed by atoms with E-state index in [1.807, 2.05) is 24.3 Å². The Morgan fingerprint density at radius 1 is 1.16 bits per heavy atom. The zero-order chi connectivity index (χ0) is 27.7. The van der Waals surface area contributed by atoms with Gasteiger partial charge in [-0.3, -0.25) is 4.79 Å². The topological polar surface area (TPSA) is 80.3 Å². The maximum absolute atomic E-state index is 15.2. The second-order valence-corrected chi connectivity index (χ2v) is 16.7. The highest BCUT2D eigenvalue weighted by Crippen LogP contribution is 2.41. The van der Waals surface area contributed by atoms with Crippen LogP contribution in [0.5, 0.6) is 11.5 Å². The molecule has 4 rings (SSSR count). The summed E-state index contributed by atoms with van der Waals surface area (Å²) in [6.07, 6.45) is 0.706. The highest BCUT2D eigenvalue weighted by molar-refractivity contribution is 6.74. The number of aliphatic hydroxyl groups is 1. The molecule has 2 aromatic rings. The first kappa shape index (κ1) is 28.5. The van der Waals surface area contributed by atoms with Gasteiger partial charge in [-0.2, -0.15) is 0 Å². The molecule has 1 saturated heterocycles. The van der Waals surface area contributed by atoms with Crippen molar-refractivity contribution in [3.63, 3.8) is 0 Å². The van der Waals surface area contributed by atoms with Crippen LogP contribution in [0.3, 0.4) is 0 Å². The summed E-state index contributed by atoms with van der Waals surface area (Å²) in [4.78, 5) is 14.4. The number of ether oxygens (including phenoxy) is 2. The van der Waals surface area contributed by atoms with E-state index in [9.17, 15) is 9.90 Å². The summed E-state index contributed by atoms with van der Waals surface area (Å²) in [6, 6.07) is 10.3. The summed E-state index contributed by atoms with van der Waals surface area (Å²) < 4.78 is 33.3. The lowest BCUT2D eigenvalue weighted by atomic mass is 9.90. The van der Waals surface area contributed by atoms with E-state index >= 15 is 4.39 Å². The van der Waals surface area contributed by atoms with Gasteiger partial charge in [0.25, 0.3) is 0 Å². The van der Waals surface area contributed by atoms with Crippen molar-refractivity contribution in [1.82, 2.24) is 5.32 Å². The monoisotopic (exact) mass is 544 g/mol. The molecule has 0 spiro atoms. The zero-order valence-electron chi connectivity index (χ0n) is 23.4. The van der Waals surface area contributed by atoms with Gasteiger partial charge in [0.15, 0.2) is 8.32 Å². The van der Waals surface area contributed by atoms with E-state index in [2.05, 4.69) is 39.2 Å². The largest absolute Gasteiger partial charge is 0.497 e. The Bertz CT molecular complexity index is 1150. The lowest BCUT2D eigenvalue weighted by molar-refractivity contribution is -0.119. The number of hydrogen-bond acceptors (Lipinski definition) is 6. The molecule has 2 heterocycles. The first-order valence-electron chi connectivity index (χ1n) is 13.3. The molecule has 2 N–H and O–H groups in total. The van der Waals surface area contributed by atoms with Gasteiger partial charge in [-0.15, -0.1) is 0 Å². The molecule has 7 nitrogen and oxygen atoms in total. The second-order valence-electron chi connectivity index (χ2n) is 11.9. The normalized spacial score (nSPS) is 22.3. The van der Waals surface area contributed by atoms with Gasteiger partial charge in [0.1, 0.15) is 29.5 Å². The minimum Gasteiger partial charge on any atom is -0.497 e. The third-order valence-corrected chi connectivity index (χ3v) is 12.7. The molecule has 9 heteroatoms. The summed E-state index contributed by atoms with van der Waals surface area (Å²) in [5, 5.41) is 15.0. The minimum atomic E-state index is -2.14. The Hall–Kier alpha value is -2.46. The fraction of sp³-hybridized carbons (Fsp3) is 0.552. The fourth-order valence-corrected chi connectivity index (χ4v) is 6.14. The van der Waals surface area contributed by atoms with Crippen molar-refractivity contribution < 1.29 is 28.2 Å². The first-order valence-corrected chi connectivity index (χ1v) is 16.2. The van der Waals surface area contributed by atoms with E-state index in [-0.39, 0.29) is 36.2 Å². The molecule has 2 atom stereocenters. The van der Waals surface area contributed by atoms with Gasteiger partial charge in [0, 0.05) is 18.5 Å². The number of hydrogen-bond donors (Lipinski definition) is 2. The molecule has 2 aliphatic rings. The van der Waals surface area contributed by atoms with Gasteiger partial charge in [-0.05, 0) is 67.3 Å². The fourth-order valence-electron chi connectivity index (χ4n) is 4.77. The molecule has 38 heavy (non-hydrogen) atoms. The lowest BCUT2D eigenvalue weighted by Crippen LogP contribution is -2.62. The molecule has 1 fully saturated rings. The van der Waals surface area contributed by atoms with Crippen molar-refractivity contribution in [2.45, 2.75) is 76.4 Å². The van der Waals surface area contributed by atoms with Crippen molar-refractivity contribution in [2.75, 3.05) is 31.7 Å². The summed E-state index contributed by atoms with van der Waals surface area (Å²) >= 11 is 0. The van der Waals surface area contributed by atoms with Crippen LogP contribution in [-0.2, 0) is 22.2 Å². The molecule has 0 saturated carbocycles. The zero-order valence-corrected chi connectivity index (χ0v) is 24.4. The van der Waals surface area contributed by atoms with E-state index in [1.54, 1.807) is 13.2 Å². The lowest BCUT2D eigenvalue weighted by Gasteiger charge is -2.46. The predicted molar refractivity (Wildman–Crippen MR) is 149 cm³/mol. The number of benzene rings is 2. The van der Waals surface area contributed by atoms with Crippen LogP contribution in [0.1, 0.15) is 44.7 Å². The minimum absolute atomic E-state index is 0.00211. The number of amides is 1. The summed E-state index contributed by atoms with van der Waals surface area (Å²) in [5.74, 6) is 0.608. The number of nitrogens with one attached hydrogen (secondary N) is 1. The summed E-state index contributed by atoms with van der Waals surface area (Å²) in [5.41, 5.74) is 0.584. The molecular weight excluding hydrogens is 503 g/mol. The number of carbonyl (C=O) groups is 1. The van der Waals surface area contributed by atoms with E-state index < -0.39 is 25.8 Å². The quantitative estimate of drug-likeness (QED) is 0.465. The molecule has 2 aliphatic heterocycles. The van der Waals surface area contributed by atoms with Crippen molar-refractivity contribution >= 4 is 19.9 Å². The molecule has 0 radical (unpaired) electrons. The van der Waals surface area contributed by atoms with Gasteiger partial charge in [-0.1, -0.05) is 32.9 Å². The van der Waals surface area contributed by atoms with E-state index in [0.717, 1.165) is 5.56 Å². The van der Waals surface area contributed by atoms with E-state index in [1.165, 1.54) is 11.0 Å². The number of carbonyl (C=O) groups excluding carboxylic acids is 1. The summed E-state index contributed by atoms with van der Waals surface area (Å²) in [6.45, 7) is 12.3. The molecule has 0 bridgehead atoms. The van der Waals surface area contributed by atoms with Crippen LogP contribution in [0.15, 0.2) is 36.4 Å². The van der Waals surface area contributed by atoms with Gasteiger partial charge in [-0.25, -0.2) is 4.39 Å². The Balaban J connectivity index is 1.56. The molecule has 2 aromatic carbocycles. The Labute approximate surface area is 226 Å². The average molecular weight is 545 g/mol. The predicted octanol–water partition coefficient (Wildman–Crippen LogP) is 4.81. The van der Waals surface area contributed by atoms with Crippen molar-refractivity contribution in [2.24, 2.45) is 0 Å². The maximum Gasteiger partial charge on any atom is 0.227 e. The van der Waals surface area contributed by atoms with Crippen LogP contribution in [-0.4, -0.2) is 57.8 Å². The molecule has 0 unspecified atom stereocenters. The number of piperidine rings is 1. The number of halogens is 1. The van der Waals surface area contributed by atoms with Gasteiger partial charge >= 0.3 is 0 Å². The highest BCUT2D eigenvalue weighted by atomic mass is 28.4. The van der Waals surface area contributed by atoms with Gasteiger partial charge in [0.2, 0.25) is 5.91 Å². The number of fused-ring (bicyclic) bond motifs is 1. The number of nitrogens with zero attached hydrogens (tertiary/aromatic N) is 1. The SMILES string of the molecule is COc1ccc(CN2C(=O)CCc3c(OC[C@@]4(O)CCNC[C@@H]4O[Si](C)(C)C(C)(C)C)ccc(F)c32)cc1. The summed E-state index contributed by atoms with van der Waals surface area (Å²) in [7, 11) is -0.542. The standard InChI is InChI=1S/C29H41FN2O5Si/c1-28(2,3)38(5,6)37-25-17-31-16-15-29(25,34)19-36-24-13-12-23(30)27-22(24)11-14-26(33)32(27)18-20-7-9-21(35-4)10-8-20/h7-10,12-13,25,31,34H,11,14-19H2,1-6H3/t25-,29-/m0/s1. The number of anilines is 1. The van der Waals surface area contributed by atoms with Crippen molar-refractivity contribution in [1.29, 1.82) is 0 Å². The van der Waals surface area contributed by atoms with Crippen LogP contribution < -0.4 is 19.7 Å². The van der Waals surface area contributed by atoms with Gasteiger partial charge < -0.3 is 29.2 Å². The van der Waals surface area contributed by atoms with Crippen LogP contribution in [0.4, 0.5) is 10.1 Å².